The Labute approximate surface area is 115 Å². The smallest absolute Gasteiger partial charge is 0.354 e. The first-order valence-electron chi connectivity index (χ1n) is 6.12. The SMILES string of the molecule is O=C(NCCCn1cccn1)c1ccc(C(=O)O)nc1. The van der Waals surface area contributed by atoms with Crippen LogP contribution >= 0.6 is 0 Å². The van der Waals surface area contributed by atoms with Crippen molar-refractivity contribution in [2.75, 3.05) is 6.54 Å². The lowest BCUT2D eigenvalue weighted by molar-refractivity contribution is 0.0689. The molecule has 1 amide bonds. The molecular formula is C13H14N4O3. The van der Waals surface area contributed by atoms with E-state index in [2.05, 4.69) is 15.4 Å². The number of aromatic nitrogens is 3. The molecule has 2 aromatic heterocycles. The van der Waals surface area contributed by atoms with Crippen LogP contribution in [0.5, 0.6) is 0 Å². The van der Waals surface area contributed by atoms with Crippen molar-refractivity contribution >= 4 is 11.9 Å². The van der Waals surface area contributed by atoms with Crippen molar-refractivity contribution in [3.63, 3.8) is 0 Å². The van der Waals surface area contributed by atoms with Gasteiger partial charge in [0, 0.05) is 31.7 Å². The number of nitrogens with zero attached hydrogens (tertiary/aromatic N) is 3. The first-order chi connectivity index (χ1) is 9.66. The number of amides is 1. The normalized spacial score (nSPS) is 10.2. The number of aromatic carboxylic acids is 1. The van der Waals surface area contributed by atoms with Gasteiger partial charge in [0.05, 0.1) is 5.56 Å². The standard InChI is InChI=1S/C13H14N4O3/c18-12(10-3-4-11(13(19)20)15-9-10)14-5-1-7-17-8-2-6-16-17/h2-4,6,8-9H,1,5,7H2,(H,14,18)(H,19,20). The fourth-order valence-corrected chi connectivity index (χ4v) is 1.63. The molecule has 104 valence electrons. The third-order valence-corrected chi connectivity index (χ3v) is 2.65. The average molecular weight is 274 g/mol. The highest BCUT2D eigenvalue weighted by molar-refractivity contribution is 5.94. The summed E-state index contributed by atoms with van der Waals surface area (Å²) in [5, 5.41) is 15.5. The van der Waals surface area contributed by atoms with Crippen molar-refractivity contribution in [3.8, 4) is 0 Å². The number of hydrogen-bond donors (Lipinski definition) is 2. The highest BCUT2D eigenvalue weighted by atomic mass is 16.4. The van der Waals surface area contributed by atoms with Gasteiger partial charge in [0.2, 0.25) is 0 Å². The van der Waals surface area contributed by atoms with Gasteiger partial charge in [-0.1, -0.05) is 0 Å². The number of nitrogens with one attached hydrogen (secondary N) is 1. The molecule has 0 aliphatic carbocycles. The van der Waals surface area contributed by atoms with Crippen LogP contribution in [0.4, 0.5) is 0 Å². The molecule has 0 fully saturated rings. The number of hydrogen-bond acceptors (Lipinski definition) is 4. The number of carboxylic acid groups (broad SMARTS) is 1. The topological polar surface area (TPSA) is 97.1 Å². The molecule has 0 aliphatic rings. The van der Waals surface area contributed by atoms with Crippen molar-refractivity contribution in [1.29, 1.82) is 0 Å². The molecule has 0 atom stereocenters. The molecule has 0 unspecified atom stereocenters. The van der Waals surface area contributed by atoms with Gasteiger partial charge in [-0.15, -0.1) is 0 Å². The van der Waals surface area contributed by atoms with Gasteiger partial charge in [-0.05, 0) is 24.6 Å². The Morgan fingerprint density at radius 1 is 1.35 bits per heavy atom. The van der Waals surface area contributed by atoms with Crippen LogP contribution < -0.4 is 5.32 Å². The van der Waals surface area contributed by atoms with E-state index in [1.807, 2.05) is 12.3 Å². The van der Waals surface area contributed by atoms with E-state index in [0.717, 1.165) is 13.0 Å². The highest BCUT2D eigenvalue weighted by Crippen LogP contribution is 2.00. The van der Waals surface area contributed by atoms with Crippen LogP contribution in [0.25, 0.3) is 0 Å². The Bertz CT molecular complexity index is 578. The largest absolute Gasteiger partial charge is 0.477 e. The molecule has 0 bridgehead atoms. The predicted molar refractivity (Wildman–Crippen MR) is 70.4 cm³/mol. The summed E-state index contributed by atoms with van der Waals surface area (Å²) in [6, 6.07) is 4.59. The van der Waals surface area contributed by atoms with Crippen LogP contribution in [0.2, 0.25) is 0 Å². The monoisotopic (exact) mass is 274 g/mol. The fourth-order valence-electron chi connectivity index (χ4n) is 1.63. The quantitative estimate of drug-likeness (QED) is 0.759. The summed E-state index contributed by atoms with van der Waals surface area (Å²) in [6.07, 6.45) is 5.57. The molecule has 0 saturated carbocycles. The van der Waals surface area contributed by atoms with E-state index in [-0.39, 0.29) is 11.6 Å². The van der Waals surface area contributed by atoms with Crippen LogP contribution in [-0.2, 0) is 6.54 Å². The summed E-state index contributed by atoms with van der Waals surface area (Å²) in [5.74, 6) is -1.38. The number of carboxylic acids is 1. The zero-order chi connectivity index (χ0) is 14.4. The van der Waals surface area contributed by atoms with Gasteiger partial charge in [0.25, 0.3) is 5.91 Å². The summed E-state index contributed by atoms with van der Waals surface area (Å²) >= 11 is 0. The van der Waals surface area contributed by atoms with Crippen molar-refractivity contribution in [2.45, 2.75) is 13.0 Å². The Kier molecular flexibility index (Phi) is 4.43. The molecule has 2 rings (SSSR count). The fraction of sp³-hybridized carbons (Fsp3) is 0.231. The second-order valence-corrected chi connectivity index (χ2v) is 4.12. The van der Waals surface area contributed by atoms with E-state index in [1.54, 1.807) is 10.9 Å². The number of carbonyl (C=O) groups is 2. The van der Waals surface area contributed by atoms with E-state index in [1.165, 1.54) is 18.3 Å². The predicted octanol–water partition coefficient (Wildman–Crippen LogP) is 0.796. The summed E-state index contributed by atoms with van der Waals surface area (Å²) < 4.78 is 1.79. The van der Waals surface area contributed by atoms with Crippen LogP contribution in [0.15, 0.2) is 36.8 Å². The number of rotatable bonds is 6. The second kappa shape index (κ2) is 6.46. The maximum absolute atomic E-state index is 11.8. The van der Waals surface area contributed by atoms with Gasteiger partial charge in [0.1, 0.15) is 5.69 Å². The third-order valence-electron chi connectivity index (χ3n) is 2.65. The second-order valence-electron chi connectivity index (χ2n) is 4.12. The van der Waals surface area contributed by atoms with E-state index < -0.39 is 5.97 Å². The molecule has 0 saturated heterocycles. The van der Waals surface area contributed by atoms with Gasteiger partial charge >= 0.3 is 5.97 Å². The zero-order valence-electron chi connectivity index (χ0n) is 10.7. The maximum atomic E-state index is 11.8. The minimum atomic E-state index is -1.11. The molecular weight excluding hydrogens is 260 g/mol. The van der Waals surface area contributed by atoms with E-state index in [0.29, 0.717) is 12.1 Å². The molecule has 0 aliphatic heterocycles. The van der Waals surface area contributed by atoms with Crippen molar-refractivity contribution in [2.24, 2.45) is 0 Å². The van der Waals surface area contributed by atoms with Gasteiger partial charge in [-0.3, -0.25) is 9.48 Å². The van der Waals surface area contributed by atoms with E-state index in [4.69, 9.17) is 5.11 Å². The maximum Gasteiger partial charge on any atom is 0.354 e. The van der Waals surface area contributed by atoms with E-state index in [9.17, 15) is 9.59 Å². The lowest BCUT2D eigenvalue weighted by atomic mass is 10.2. The minimum Gasteiger partial charge on any atom is -0.477 e. The molecule has 0 radical (unpaired) electrons. The lowest BCUT2D eigenvalue weighted by Crippen LogP contribution is -2.25. The molecule has 7 nitrogen and oxygen atoms in total. The van der Waals surface area contributed by atoms with Crippen molar-refractivity contribution < 1.29 is 14.7 Å². The van der Waals surface area contributed by atoms with Crippen LogP contribution in [0, 0.1) is 0 Å². The Hall–Kier alpha value is -2.70. The number of aryl methyl sites for hydroxylation is 1. The molecule has 0 aromatic carbocycles. The third kappa shape index (κ3) is 3.64. The summed E-state index contributed by atoms with van der Waals surface area (Å²) in [5.41, 5.74) is 0.259. The van der Waals surface area contributed by atoms with Crippen LogP contribution in [-0.4, -0.2) is 38.3 Å². The number of pyridine rings is 1. The van der Waals surface area contributed by atoms with Gasteiger partial charge in [-0.2, -0.15) is 5.10 Å². The lowest BCUT2D eigenvalue weighted by Gasteiger charge is -2.05. The number of carbonyl (C=O) groups excluding carboxylic acids is 1. The summed E-state index contributed by atoms with van der Waals surface area (Å²) in [6.45, 7) is 1.24. The molecule has 7 heteroatoms. The molecule has 2 aromatic rings. The molecule has 20 heavy (non-hydrogen) atoms. The Morgan fingerprint density at radius 2 is 2.20 bits per heavy atom. The molecule has 0 spiro atoms. The molecule has 2 N–H and O–H groups in total. The minimum absolute atomic E-state index is 0.0831. The van der Waals surface area contributed by atoms with Gasteiger partial charge in [0.15, 0.2) is 0 Å². The van der Waals surface area contributed by atoms with E-state index >= 15 is 0 Å². The Morgan fingerprint density at radius 3 is 2.80 bits per heavy atom. The average Bonchev–Trinajstić information content (AvgIpc) is 2.96. The molecule has 2 heterocycles. The van der Waals surface area contributed by atoms with Crippen LogP contribution in [0.3, 0.4) is 0 Å². The zero-order valence-corrected chi connectivity index (χ0v) is 10.7. The summed E-state index contributed by atoms with van der Waals surface area (Å²) in [7, 11) is 0. The highest BCUT2D eigenvalue weighted by Gasteiger charge is 2.08. The van der Waals surface area contributed by atoms with Gasteiger partial charge < -0.3 is 10.4 Å². The summed E-state index contributed by atoms with van der Waals surface area (Å²) in [4.78, 5) is 26.1. The van der Waals surface area contributed by atoms with Crippen LogP contribution in [0.1, 0.15) is 27.3 Å². The van der Waals surface area contributed by atoms with Crippen molar-refractivity contribution in [1.82, 2.24) is 20.1 Å². The van der Waals surface area contributed by atoms with Crippen molar-refractivity contribution in [3.05, 3.63) is 48.0 Å². The first-order valence-corrected chi connectivity index (χ1v) is 6.12. The first kappa shape index (κ1) is 13.7. The van der Waals surface area contributed by atoms with Gasteiger partial charge in [-0.25, -0.2) is 9.78 Å². The Balaban J connectivity index is 1.78.